The standard InChI is InChI=1S/C16H24BFN2O3/c1-7-20(6)14(21)19-12-10-8-9-11(13(12)18)17-22-15(2,3)16(4,5)23-17/h8-10H,7H2,1-6H3,(H,19,21). The highest BCUT2D eigenvalue weighted by Crippen LogP contribution is 2.36. The number of anilines is 1. The predicted octanol–water partition coefficient (Wildman–Crippen LogP) is 2.61. The van der Waals surface area contributed by atoms with Gasteiger partial charge in [-0.05, 0) is 40.7 Å². The van der Waals surface area contributed by atoms with Crippen LogP contribution in [0, 0.1) is 5.82 Å². The smallest absolute Gasteiger partial charge is 0.399 e. The summed E-state index contributed by atoms with van der Waals surface area (Å²) < 4.78 is 26.5. The van der Waals surface area contributed by atoms with Crippen LogP contribution in [0.25, 0.3) is 0 Å². The number of rotatable bonds is 3. The third-order valence-corrected chi connectivity index (χ3v) is 4.60. The predicted molar refractivity (Wildman–Crippen MR) is 89.4 cm³/mol. The van der Waals surface area contributed by atoms with Gasteiger partial charge in [0.2, 0.25) is 0 Å². The Hall–Kier alpha value is -1.60. The van der Waals surface area contributed by atoms with Crippen molar-refractivity contribution in [2.45, 2.75) is 45.8 Å². The minimum atomic E-state index is -0.805. The molecule has 1 aliphatic heterocycles. The fraction of sp³-hybridized carbons (Fsp3) is 0.562. The molecule has 0 atom stereocenters. The van der Waals surface area contributed by atoms with Crippen LogP contribution in [0.4, 0.5) is 14.9 Å². The summed E-state index contributed by atoms with van der Waals surface area (Å²) in [5.41, 5.74) is -0.708. The Morgan fingerprint density at radius 2 is 1.83 bits per heavy atom. The van der Waals surface area contributed by atoms with Crippen molar-refractivity contribution in [1.82, 2.24) is 4.90 Å². The summed E-state index contributed by atoms with van der Waals surface area (Å²) in [6, 6.07) is 4.44. The van der Waals surface area contributed by atoms with Crippen molar-refractivity contribution in [2.75, 3.05) is 18.9 Å². The van der Waals surface area contributed by atoms with Crippen LogP contribution in [0.1, 0.15) is 34.6 Å². The molecule has 1 N–H and O–H groups in total. The van der Waals surface area contributed by atoms with E-state index >= 15 is 0 Å². The van der Waals surface area contributed by atoms with E-state index in [-0.39, 0.29) is 17.2 Å². The molecule has 0 unspecified atom stereocenters. The summed E-state index contributed by atoms with van der Waals surface area (Å²) in [4.78, 5) is 13.4. The minimum absolute atomic E-state index is 0.113. The zero-order valence-corrected chi connectivity index (χ0v) is 14.6. The lowest BCUT2D eigenvalue weighted by molar-refractivity contribution is 0.00578. The third kappa shape index (κ3) is 3.35. The number of carbonyl (C=O) groups excluding carboxylic acids is 1. The van der Waals surface area contributed by atoms with E-state index in [4.69, 9.17) is 9.31 Å². The lowest BCUT2D eigenvalue weighted by Crippen LogP contribution is -2.41. The summed E-state index contributed by atoms with van der Waals surface area (Å²) in [5.74, 6) is -0.538. The fourth-order valence-electron chi connectivity index (χ4n) is 2.15. The highest BCUT2D eigenvalue weighted by molar-refractivity contribution is 6.62. The molecule has 7 heteroatoms. The second kappa shape index (κ2) is 6.13. The van der Waals surface area contributed by atoms with Crippen LogP contribution in [0.3, 0.4) is 0 Å². The maximum Gasteiger partial charge on any atom is 0.497 e. The number of urea groups is 1. The summed E-state index contributed by atoms with van der Waals surface area (Å²) in [7, 11) is 0.839. The van der Waals surface area contributed by atoms with Crippen LogP contribution in [-0.2, 0) is 9.31 Å². The number of halogens is 1. The van der Waals surface area contributed by atoms with Crippen LogP contribution in [0.5, 0.6) is 0 Å². The zero-order valence-electron chi connectivity index (χ0n) is 14.6. The molecular formula is C16H24BFN2O3. The molecule has 2 amide bonds. The number of hydrogen-bond acceptors (Lipinski definition) is 3. The van der Waals surface area contributed by atoms with E-state index in [2.05, 4.69) is 5.32 Å². The van der Waals surface area contributed by atoms with E-state index in [9.17, 15) is 9.18 Å². The largest absolute Gasteiger partial charge is 0.497 e. The van der Waals surface area contributed by atoms with Gasteiger partial charge in [0.1, 0.15) is 5.82 Å². The SMILES string of the molecule is CCN(C)C(=O)Nc1cccc(B2OC(C)(C)C(C)(C)O2)c1F. The molecule has 5 nitrogen and oxygen atoms in total. The summed E-state index contributed by atoms with van der Waals surface area (Å²) in [6.45, 7) is 10.0. The van der Waals surface area contributed by atoms with Gasteiger partial charge < -0.3 is 19.5 Å². The van der Waals surface area contributed by atoms with Crippen LogP contribution in [0.2, 0.25) is 0 Å². The van der Waals surface area contributed by atoms with Crippen molar-refractivity contribution in [2.24, 2.45) is 0 Å². The topological polar surface area (TPSA) is 50.8 Å². The highest BCUT2D eigenvalue weighted by Gasteiger charge is 2.52. The molecule has 0 bridgehead atoms. The first-order valence-corrected chi connectivity index (χ1v) is 7.75. The molecule has 1 aromatic rings. The van der Waals surface area contributed by atoms with Crippen LogP contribution in [0.15, 0.2) is 18.2 Å². The second-order valence-corrected chi connectivity index (χ2v) is 6.74. The molecule has 0 aromatic heterocycles. The third-order valence-electron chi connectivity index (χ3n) is 4.60. The fourth-order valence-corrected chi connectivity index (χ4v) is 2.15. The quantitative estimate of drug-likeness (QED) is 0.871. The average Bonchev–Trinajstić information content (AvgIpc) is 2.68. The van der Waals surface area contributed by atoms with Crippen LogP contribution < -0.4 is 10.8 Å². The van der Waals surface area contributed by atoms with Crippen molar-refractivity contribution < 1.29 is 18.5 Å². The first kappa shape index (κ1) is 17.8. The van der Waals surface area contributed by atoms with E-state index in [1.165, 1.54) is 11.0 Å². The highest BCUT2D eigenvalue weighted by atomic mass is 19.1. The number of nitrogens with one attached hydrogen (secondary N) is 1. The first-order chi connectivity index (χ1) is 10.6. The molecule has 0 radical (unpaired) electrons. The van der Waals surface area contributed by atoms with Gasteiger partial charge in [-0.3, -0.25) is 0 Å². The van der Waals surface area contributed by atoms with E-state index in [0.29, 0.717) is 6.54 Å². The summed E-state index contributed by atoms with van der Waals surface area (Å²) in [6.07, 6.45) is 0. The molecule has 1 aromatic carbocycles. The molecule has 2 rings (SSSR count). The van der Waals surface area contributed by atoms with Gasteiger partial charge >= 0.3 is 13.1 Å². The number of amides is 2. The van der Waals surface area contributed by atoms with Gasteiger partial charge in [-0.1, -0.05) is 12.1 Å². The number of nitrogens with zero attached hydrogens (tertiary/aromatic N) is 1. The van der Waals surface area contributed by atoms with Crippen LogP contribution in [-0.4, -0.2) is 42.8 Å². The molecule has 1 fully saturated rings. The Bertz CT molecular complexity index is 591. The maximum atomic E-state index is 14.8. The summed E-state index contributed by atoms with van der Waals surface area (Å²) >= 11 is 0. The molecule has 0 spiro atoms. The summed E-state index contributed by atoms with van der Waals surface area (Å²) in [5, 5.41) is 2.57. The Morgan fingerprint density at radius 3 is 2.35 bits per heavy atom. The Kier molecular flexibility index (Phi) is 4.73. The molecule has 1 aliphatic rings. The normalized spacial score (nSPS) is 18.8. The second-order valence-electron chi connectivity index (χ2n) is 6.74. The first-order valence-electron chi connectivity index (χ1n) is 7.75. The van der Waals surface area contributed by atoms with E-state index in [1.54, 1.807) is 19.2 Å². The van der Waals surface area contributed by atoms with Gasteiger partial charge in [0.25, 0.3) is 0 Å². The number of carbonyl (C=O) groups is 1. The Labute approximate surface area is 137 Å². The lowest BCUT2D eigenvalue weighted by atomic mass is 9.78. The number of benzene rings is 1. The Morgan fingerprint density at radius 1 is 1.26 bits per heavy atom. The van der Waals surface area contributed by atoms with Crippen LogP contribution >= 0.6 is 0 Å². The average molecular weight is 322 g/mol. The van der Waals surface area contributed by atoms with Crippen molar-refractivity contribution in [3.63, 3.8) is 0 Å². The lowest BCUT2D eigenvalue weighted by Gasteiger charge is -2.32. The molecule has 1 heterocycles. The molecule has 0 aliphatic carbocycles. The van der Waals surface area contributed by atoms with Gasteiger partial charge in [0.05, 0.1) is 16.9 Å². The molecule has 126 valence electrons. The maximum absolute atomic E-state index is 14.8. The molecule has 1 saturated heterocycles. The molecular weight excluding hydrogens is 298 g/mol. The minimum Gasteiger partial charge on any atom is -0.399 e. The molecule has 23 heavy (non-hydrogen) atoms. The number of hydrogen-bond donors (Lipinski definition) is 1. The van der Waals surface area contributed by atoms with E-state index < -0.39 is 24.1 Å². The van der Waals surface area contributed by atoms with Crippen molar-refractivity contribution in [3.05, 3.63) is 24.0 Å². The zero-order chi connectivity index (χ0) is 17.4. The van der Waals surface area contributed by atoms with Gasteiger partial charge in [-0.15, -0.1) is 0 Å². The van der Waals surface area contributed by atoms with Gasteiger partial charge in [-0.25, -0.2) is 9.18 Å². The molecule has 0 saturated carbocycles. The van der Waals surface area contributed by atoms with Gasteiger partial charge in [0.15, 0.2) is 0 Å². The van der Waals surface area contributed by atoms with Crippen molar-refractivity contribution >= 4 is 24.3 Å². The monoisotopic (exact) mass is 322 g/mol. The van der Waals surface area contributed by atoms with Crippen molar-refractivity contribution in [1.29, 1.82) is 0 Å². The Balaban J connectivity index is 2.26. The van der Waals surface area contributed by atoms with Crippen molar-refractivity contribution in [3.8, 4) is 0 Å². The van der Waals surface area contributed by atoms with Gasteiger partial charge in [0, 0.05) is 19.1 Å². The van der Waals surface area contributed by atoms with E-state index in [0.717, 1.165) is 0 Å². The van der Waals surface area contributed by atoms with E-state index in [1.807, 2.05) is 34.6 Å². The van der Waals surface area contributed by atoms with Gasteiger partial charge in [-0.2, -0.15) is 0 Å².